The first-order valence-corrected chi connectivity index (χ1v) is 6.41. The van der Waals surface area contributed by atoms with Crippen molar-refractivity contribution in [2.75, 3.05) is 0 Å². The van der Waals surface area contributed by atoms with Crippen molar-refractivity contribution in [2.24, 2.45) is 5.41 Å². The molecule has 0 radical (unpaired) electrons. The van der Waals surface area contributed by atoms with Crippen LogP contribution >= 0.6 is 0 Å². The fraction of sp³-hybridized carbons (Fsp3) is 0.625. The fourth-order valence-electron chi connectivity index (χ4n) is 3.03. The highest BCUT2D eigenvalue weighted by Gasteiger charge is 2.38. The van der Waals surface area contributed by atoms with Crippen molar-refractivity contribution in [2.45, 2.75) is 60.0 Å². The molecule has 1 aliphatic carbocycles. The minimum Gasteiger partial charge on any atom is -0.390 e. The quantitative estimate of drug-likeness (QED) is 0.702. The summed E-state index contributed by atoms with van der Waals surface area (Å²) in [5.74, 6) is 0. The average Bonchev–Trinajstić information content (AvgIpc) is 2.12. The Hall–Kier alpha value is -0.820. The second-order valence-corrected chi connectivity index (χ2v) is 6.29. The molecule has 0 aliphatic heterocycles. The molecule has 1 rings (SSSR count). The number of rotatable bonds is 2. The molecule has 0 bridgehead atoms. The van der Waals surface area contributed by atoms with Crippen LogP contribution in [0.5, 0.6) is 0 Å². The van der Waals surface area contributed by atoms with Crippen LogP contribution in [0.15, 0.2) is 34.9 Å². The molecule has 0 amide bonds. The van der Waals surface area contributed by atoms with Gasteiger partial charge in [-0.15, -0.1) is 0 Å². The van der Waals surface area contributed by atoms with Crippen LogP contribution in [0.2, 0.25) is 0 Å². The van der Waals surface area contributed by atoms with Crippen LogP contribution in [0.4, 0.5) is 0 Å². The largest absolute Gasteiger partial charge is 0.390 e. The molecule has 17 heavy (non-hydrogen) atoms. The zero-order valence-corrected chi connectivity index (χ0v) is 12.1. The van der Waals surface area contributed by atoms with Gasteiger partial charge in [-0.05, 0) is 51.5 Å². The van der Waals surface area contributed by atoms with Crippen molar-refractivity contribution in [3.8, 4) is 0 Å². The van der Waals surface area contributed by atoms with Gasteiger partial charge in [0.1, 0.15) is 0 Å². The van der Waals surface area contributed by atoms with Crippen LogP contribution in [0.3, 0.4) is 0 Å². The first-order valence-electron chi connectivity index (χ1n) is 6.41. The van der Waals surface area contributed by atoms with Gasteiger partial charge >= 0.3 is 0 Å². The van der Waals surface area contributed by atoms with Crippen molar-refractivity contribution in [1.82, 2.24) is 0 Å². The topological polar surface area (TPSA) is 20.2 Å². The van der Waals surface area contributed by atoms with Crippen LogP contribution in [-0.2, 0) is 0 Å². The van der Waals surface area contributed by atoms with Crippen LogP contribution in [0.1, 0.15) is 54.4 Å². The normalized spacial score (nSPS) is 30.2. The molecule has 0 fully saturated rings. The van der Waals surface area contributed by atoms with Gasteiger partial charge in [0.25, 0.3) is 0 Å². The number of hydrogen-bond donors (Lipinski definition) is 1. The molecule has 0 aromatic carbocycles. The standard InChI is InChI=1S/C16H26O/c1-7-12(2)8-9-14-13(3)10-16(6,17)11-15(14,4)5/h7-9,17H,10-11H2,1-6H3/b9-8+,12-7-. The first kappa shape index (κ1) is 14.2. The Kier molecular flexibility index (Phi) is 4.03. The summed E-state index contributed by atoms with van der Waals surface area (Å²) in [6.07, 6.45) is 8.11. The molecule has 1 unspecified atom stereocenters. The molecule has 0 heterocycles. The van der Waals surface area contributed by atoms with E-state index in [-0.39, 0.29) is 5.41 Å². The van der Waals surface area contributed by atoms with E-state index in [9.17, 15) is 5.11 Å². The summed E-state index contributed by atoms with van der Waals surface area (Å²) in [5, 5.41) is 10.3. The molecule has 0 aromatic rings. The van der Waals surface area contributed by atoms with E-state index in [1.165, 1.54) is 16.7 Å². The monoisotopic (exact) mass is 234 g/mol. The van der Waals surface area contributed by atoms with Crippen molar-refractivity contribution in [3.63, 3.8) is 0 Å². The summed E-state index contributed by atoms with van der Waals surface area (Å²) in [7, 11) is 0. The molecule has 1 atom stereocenters. The molecule has 0 spiro atoms. The SMILES string of the molecule is C/C=C(C)\C=C\C1=C(C)CC(C)(O)CC1(C)C. The van der Waals surface area contributed by atoms with E-state index < -0.39 is 5.60 Å². The molecule has 1 nitrogen and oxygen atoms in total. The van der Waals surface area contributed by atoms with Gasteiger partial charge in [-0.1, -0.05) is 43.2 Å². The Balaban J connectivity index is 3.08. The van der Waals surface area contributed by atoms with E-state index in [1.54, 1.807) is 0 Å². The highest BCUT2D eigenvalue weighted by atomic mass is 16.3. The van der Waals surface area contributed by atoms with Gasteiger partial charge in [-0.2, -0.15) is 0 Å². The summed E-state index contributed by atoms with van der Waals surface area (Å²) < 4.78 is 0. The van der Waals surface area contributed by atoms with E-state index >= 15 is 0 Å². The van der Waals surface area contributed by atoms with Crippen molar-refractivity contribution in [3.05, 3.63) is 34.9 Å². The van der Waals surface area contributed by atoms with E-state index in [0.29, 0.717) is 0 Å². The van der Waals surface area contributed by atoms with Gasteiger partial charge in [0.15, 0.2) is 0 Å². The maximum Gasteiger partial charge on any atom is 0.0665 e. The summed E-state index contributed by atoms with van der Waals surface area (Å²) in [5.41, 5.74) is 3.46. The van der Waals surface area contributed by atoms with Gasteiger partial charge in [0.05, 0.1) is 5.60 Å². The van der Waals surface area contributed by atoms with Crippen LogP contribution in [-0.4, -0.2) is 10.7 Å². The molecule has 0 saturated heterocycles. The Morgan fingerprint density at radius 1 is 1.29 bits per heavy atom. The molecular formula is C16H26O. The fourth-order valence-corrected chi connectivity index (χ4v) is 3.03. The van der Waals surface area contributed by atoms with Gasteiger partial charge in [0, 0.05) is 0 Å². The third-order valence-corrected chi connectivity index (χ3v) is 3.63. The minimum atomic E-state index is -0.555. The predicted octanol–water partition coefficient (Wildman–Crippen LogP) is 4.40. The zero-order chi connectivity index (χ0) is 13.3. The smallest absolute Gasteiger partial charge is 0.0665 e. The Morgan fingerprint density at radius 3 is 2.35 bits per heavy atom. The third kappa shape index (κ3) is 3.57. The number of hydrogen-bond acceptors (Lipinski definition) is 1. The predicted molar refractivity (Wildman–Crippen MR) is 74.9 cm³/mol. The van der Waals surface area contributed by atoms with E-state index in [1.807, 2.05) is 6.92 Å². The second kappa shape index (κ2) is 4.81. The van der Waals surface area contributed by atoms with Crippen molar-refractivity contribution >= 4 is 0 Å². The molecule has 0 saturated carbocycles. The lowest BCUT2D eigenvalue weighted by atomic mass is 9.67. The Labute approximate surface area is 106 Å². The zero-order valence-electron chi connectivity index (χ0n) is 12.1. The first-order chi connectivity index (χ1) is 7.68. The van der Waals surface area contributed by atoms with E-state index in [0.717, 1.165) is 12.8 Å². The third-order valence-electron chi connectivity index (χ3n) is 3.63. The maximum atomic E-state index is 10.3. The van der Waals surface area contributed by atoms with Gasteiger partial charge in [-0.25, -0.2) is 0 Å². The Morgan fingerprint density at radius 2 is 1.88 bits per heavy atom. The van der Waals surface area contributed by atoms with Crippen molar-refractivity contribution < 1.29 is 5.11 Å². The number of allylic oxidation sites excluding steroid dienone is 5. The lowest BCUT2D eigenvalue weighted by Crippen LogP contribution is -2.37. The minimum absolute atomic E-state index is 0.0519. The summed E-state index contributed by atoms with van der Waals surface area (Å²) in [6, 6.07) is 0. The molecule has 1 heteroatoms. The highest BCUT2D eigenvalue weighted by Crippen LogP contribution is 2.45. The molecule has 0 aromatic heterocycles. The van der Waals surface area contributed by atoms with E-state index in [4.69, 9.17) is 0 Å². The molecule has 1 N–H and O–H groups in total. The average molecular weight is 234 g/mol. The second-order valence-electron chi connectivity index (χ2n) is 6.29. The summed E-state index contributed by atoms with van der Waals surface area (Å²) in [4.78, 5) is 0. The van der Waals surface area contributed by atoms with Crippen molar-refractivity contribution in [1.29, 1.82) is 0 Å². The van der Waals surface area contributed by atoms with Crippen LogP contribution in [0.25, 0.3) is 0 Å². The molecular weight excluding hydrogens is 208 g/mol. The van der Waals surface area contributed by atoms with Gasteiger partial charge < -0.3 is 5.11 Å². The number of aliphatic hydroxyl groups is 1. The van der Waals surface area contributed by atoms with Gasteiger partial charge in [0.2, 0.25) is 0 Å². The lowest BCUT2D eigenvalue weighted by Gasteiger charge is -2.41. The highest BCUT2D eigenvalue weighted by molar-refractivity contribution is 5.37. The lowest BCUT2D eigenvalue weighted by molar-refractivity contribution is 0.0148. The van der Waals surface area contributed by atoms with E-state index in [2.05, 4.69) is 52.8 Å². The Bertz CT molecular complexity index is 378. The van der Waals surface area contributed by atoms with Gasteiger partial charge in [-0.3, -0.25) is 0 Å². The summed E-state index contributed by atoms with van der Waals surface area (Å²) in [6.45, 7) is 12.7. The van der Waals surface area contributed by atoms with Crippen LogP contribution in [0, 0.1) is 5.41 Å². The molecule has 96 valence electrons. The molecule has 1 aliphatic rings. The van der Waals surface area contributed by atoms with Crippen LogP contribution < -0.4 is 0 Å². The maximum absolute atomic E-state index is 10.3. The summed E-state index contributed by atoms with van der Waals surface area (Å²) >= 11 is 0.